The van der Waals surface area contributed by atoms with Crippen molar-refractivity contribution in [2.24, 2.45) is 10.7 Å². The van der Waals surface area contributed by atoms with Crippen LogP contribution in [0, 0.1) is 0 Å². The number of halogens is 1. The first-order chi connectivity index (χ1) is 3.83. The van der Waals surface area contributed by atoms with E-state index in [0.29, 0.717) is 5.25 Å². The van der Waals surface area contributed by atoms with Crippen LogP contribution in [0.4, 0.5) is 0 Å². The van der Waals surface area contributed by atoms with Crippen LogP contribution in [0.2, 0.25) is 0 Å². The molecule has 0 fully saturated rings. The molecule has 0 aromatic rings. The van der Waals surface area contributed by atoms with Crippen LogP contribution in [-0.4, -0.2) is 22.3 Å². The third kappa shape index (κ3) is 1.39. The average Bonchev–Trinajstić information content (AvgIpc) is 2.14. The van der Waals surface area contributed by atoms with Crippen LogP contribution in [0.15, 0.2) is 4.99 Å². The largest absolute Gasteiger partial charge is 0.379 e. The molecule has 1 aliphatic heterocycles. The van der Waals surface area contributed by atoms with Gasteiger partial charge in [-0.1, -0.05) is 27.7 Å². The number of nitrogens with zero attached hydrogens (tertiary/aromatic N) is 1. The molecule has 8 heavy (non-hydrogen) atoms. The molecule has 0 aliphatic carbocycles. The first-order valence-corrected chi connectivity index (χ1v) is 4.35. The van der Waals surface area contributed by atoms with Crippen molar-refractivity contribution >= 4 is 32.9 Å². The van der Waals surface area contributed by atoms with Crippen molar-refractivity contribution in [3.8, 4) is 0 Å². The van der Waals surface area contributed by atoms with E-state index in [4.69, 9.17) is 5.73 Å². The Hall–Kier alpha value is 0.300. The third-order valence-electron chi connectivity index (χ3n) is 0.910. The number of amidine groups is 1. The summed E-state index contributed by atoms with van der Waals surface area (Å²) in [6.07, 6.45) is 0. The fraction of sp³-hybridized carbons (Fsp3) is 0.750. The minimum absolute atomic E-state index is 0.579. The second kappa shape index (κ2) is 2.73. The lowest BCUT2D eigenvalue weighted by molar-refractivity contribution is 0.992. The van der Waals surface area contributed by atoms with E-state index in [0.717, 1.165) is 17.0 Å². The van der Waals surface area contributed by atoms with Crippen molar-refractivity contribution in [3.05, 3.63) is 0 Å². The Bertz CT molecular complexity index is 115. The molecule has 0 aromatic heterocycles. The molecule has 0 unspecified atom stereocenters. The quantitative estimate of drug-likeness (QED) is 0.629. The van der Waals surface area contributed by atoms with E-state index in [1.807, 2.05) is 0 Å². The molecule has 2 nitrogen and oxygen atoms in total. The highest BCUT2D eigenvalue weighted by molar-refractivity contribution is 9.09. The first kappa shape index (κ1) is 6.42. The van der Waals surface area contributed by atoms with E-state index in [1.165, 1.54) is 0 Å². The van der Waals surface area contributed by atoms with Gasteiger partial charge in [0, 0.05) is 10.6 Å². The Kier molecular flexibility index (Phi) is 2.19. The third-order valence-corrected chi connectivity index (χ3v) is 3.14. The monoisotopic (exact) mass is 194 g/mol. The molecule has 0 radical (unpaired) electrons. The Morgan fingerprint density at radius 2 is 2.75 bits per heavy atom. The molecule has 1 aliphatic rings. The summed E-state index contributed by atoms with van der Waals surface area (Å²) in [4.78, 5) is 4.02. The van der Waals surface area contributed by atoms with E-state index in [1.54, 1.807) is 11.8 Å². The second-order valence-corrected chi connectivity index (χ2v) is 3.54. The number of aliphatic imine (C=N–C) groups is 1. The van der Waals surface area contributed by atoms with Gasteiger partial charge in [0.1, 0.15) is 0 Å². The number of rotatable bonds is 1. The normalized spacial score (nSPS) is 28.1. The van der Waals surface area contributed by atoms with Crippen LogP contribution in [0.25, 0.3) is 0 Å². The van der Waals surface area contributed by atoms with Crippen LogP contribution >= 0.6 is 27.7 Å². The van der Waals surface area contributed by atoms with Crippen LogP contribution < -0.4 is 5.73 Å². The van der Waals surface area contributed by atoms with Crippen LogP contribution in [-0.2, 0) is 0 Å². The molecule has 2 N–H and O–H groups in total. The molecule has 1 heterocycles. The van der Waals surface area contributed by atoms with Gasteiger partial charge < -0.3 is 5.73 Å². The second-order valence-electron chi connectivity index (χ2n) is 1.57. The van der Waals surface area contributed by atoms with Crippen molar-refractivity contribution in [2.75, 3.05) is 11.9 Å². The summed E-state index contributed by atoms with van der Waals surface area (Å²) < 4.78 is 0. The van der Waals surface area contributed by atoms with Gasteiger partial charge in [-0.15, -0.1) is 0 Å². The zero-order valence-electron chi connectivity index (χ0n) is 4.30. The van der Waals surface area contributed by atoms with Gasteiger partial charge in [0.2, 0.25) is 0 Å². The highest BCUT2D eigenvalue weighted by Gasteiger charge is 2.14. The van der Waals surface area contributed by atoms with Crippen molar-refractivity contribution in [3.63, 3.8) is 0 Å². The first-order valence-electron chi connectivity index (χ1n) is 2.35. The van der Waals surface area contributed by atoms with Gasteiger partial charge in [-0.2, -0.15) is 0 Å². The van der Waals surface area contributed by atoms with E-state index in [2.05, 4.69) is 20.9 Å². The molecule has 0 spiro atoms. The molecule has 4 heteroatoms. The molecule has 0 bridgehead atoms. The molecular weight excluding hydrogens is 188 g/mol. The van der Waals surface area contributed by atoms with Crippen molar-refractivity contribution in [1.29, 1.82) is 0 Å². The summed E-state index contributed by atoms with van der Waals surface area (Å²) in [5.74, 6) is 0. The van der Waals surface area contributed by atoms with Gasteiger partial charge in [-0.05, 0) is 0 Å². The van der Waals surface area contributed by atoms with Crippen LogP contribution in [0.3, 0.4) is 0 Å². The summed E-state index contributed by atoms with van der Waals surface area (Å²) in [6, 6.07) is 0. The van der Waals surface area contributed by atoms with Gasteiger partial charge in [0.15, 0.2) is 5.17 Å². The number of thioether (sulfide) groups is 1. The number of alkyl halides is 1. The van der Waals surface area contributed by atoms with E-state index >= 15 is 0 Å². The summed E-state index contributed by atoms with van der Waals surface area (Å²) in [6.45, 7) is 0.877. The highest BCUT2D eigenvalue weighted by atomic mass is 79.9. The van der Waals surface area contributed by atoms with E-state index < -0.39 is 0 Å². The topological polar surface area (TPSA) is 38.4 Å². The fourth-order valence-electron chi connectivity index (χ4n) is 0.517. The van der Waals surface area contributed by atoms with Crippen molar-refractivity contribution < 1.29 is 0 Å². The Balaban J connectivity index is 2.32. The molecule has 0 saturated heterocycles. The molecule has 0 amide bonds. The van der Waals surface area contributed by atoms with Crippen LogP contribution in [0.5, 0.6) is 0 Å². The summed E-state index contributed by atoms with van der Waals surface area (Å²) >= 11 is 5.00. The summed E-state index contributed by atoms with van der Waals surface area (Å²) in [7, 11) is 0. The minimum atomic E-state index is 0.579. The van der Waals surface area contributed by atoms with Gasteiger partial charge in [-0.25, -0.2) is 0 Å². The lowest BCUT2D eigenvalue weighted by Gasteiger charge is -1.97. The van der Waals surface area contributed by atoms with Gasteiger partial charge >= 0.3 is 0 Å². The maximum absolute atomic E-state index is 5.39. The van der Waals surface area contributed by atoms with Gasteiger partial charge in [0.25, 0.3) is 0 Å². The molecule has 1 rings (SSSR count). The predicted octanol–water partition coefficient (Wildman–Crippen LogP) is 0.811. The maximum Gasteiger partial charge on any atom is 0.154 e. The number of hydrogen-bond donors (Lipinski definition) is 1. The predicted molar refractivity (Wildman–Crippen MR) is 41.7 cm³/mol. The minimum Gasteiger partial charge on any atom is -0.379 e. The SMILES string of the molecule is NC1=NC[C@@H](CBr)S1. The lowest BCUT2D eigenvalue weighted by atomic mass is 10.5. The van der Waals surface area contributed by atoms with Crippen molar-refractivity contribution in [1.82, 2.24) is 0 Å². The van der Waals surface area contributed by atoms with Gasteiger partial charge in [-0.3, -0.25) is 4.99 Å². The van der Waals surface area contributed by atoms with E-state index in [9.17, 15) is 0 Å². The lowest BCUT2D eigenvalue weighted by Crippen LogP contribution is -2.06. The van der Waals surface area contributed by atoms with E-state index in [-0.39, 0.29) is 0 Å². The molecule has 0 aromatic carbocycles. The standard InChI is InChI=1S/C4H7BrN2S/c5-1-3-2-7-4(6)8-3/h3H,1-2H2,(H2,6,7)/t3-/m1/s1. The highest BCUT2D eigenvalue weighted by Crippen LogP contribution is 2.19. The maximum atomic E-state index is 5.39. The number of nitrogens with two attached hydrogens (primary N) is 1. The molecule has 46 valence electrons. The fourth-order valence-corrected chi connectivity index (χ4v) is 1.82. The van der Waals surface area contributed by atoms with Gasteiger partial charge in [0.05, 0.1) is 6.54 Å². The summed E-state index contributed by atoms with van der Waals surface area (Å²) in [5.41, 5.74) is 5.39. The Morgan fingerprint density at radius 3 is 3.00 bits per heavy atom. The Labute approximate surface area is 61.1 Å². The van der Waals surface area contributed by atoms with Crippen LogP contribution in [0.1, 0.15) is 0 Å². The van der Waals surface area contributed by atoms with Crippen molar-refractivity contribution in [2.45, 2.75) is 5.25 Å². The molecule has 0 saturated carbocycles. The zero-order chi connectivity index (χ0) is 5.98. The molecule has 1 atom stereocenters. The number of hydrogen-bond acceptors (Lipinski definition) is 3. The Morgan fingerprint density at radius 1 is 2.00 bits per heavy atom. The smallest absolute Gasteiger partial charge is 0.154 e. The average molecular weight is 195 g/mol. The zero-order valence-corrected chi connectivity index (χ0v) is 6.70. The summed E-state index contributed by atoms with van der Waals surface area (Å²) in [5, 5.41) is 2.30. The molecular formula is C4H7BrN2S.